The predicted octanol–water partition coefficient (Wildman–Crippen LogP) is 15.0. The van der Waals surface area contributed by atoms with E-state index in [9.17, 15) is 0 Å². The summed E-state index contributed by atoms with van der Waals surface area (Å²) in [6.45, 7) is 2.34. The van der Waals surface area contributed by atoms with Crippen LogP contribution in [-0.2, 0) is 21.1 Å². The van der Waals surface area contributed by atoms with Crippen LogP contribution in [0.25, 0.3) is 70.5 Å². The van der Waals surface area contributed by atoms with Crippen molar-refractivity contribution in [3.8, 4) is 16.6 Å². The standard InChI is InChI=1S/C58H41N6OS.Pt/c1-6-22-47-41(17-1)42-18-2-7-23-48(42)62(47)54-29-14-30-55(63-49-24-8-3-19-43(49)44-20-4-9-25-50(44)63)57(54)61-37-60(52-27-11-12-28-53(52)61)38-15-13-16-39(35-38)65-40-31-32-46-45-21-5-10-26-51(45)64(56(46)36-40)58-59-33-34-66-58;/h1-13,15-28,31-34,37,54-55,57H,14,29-30H2;/q-3;. The van der Waals surface area contributed by atoms with Crippen molar-refractivity contribution in [3.63, 3.8) is 0 Å². The van der Waals surface area contributed by atoms with Gasteiger partial charge in [0.15, 0.2) is 5.13 Å². The van der Waals surface area contributed by atoms with Crippen molar-refractivity contribution in [1.29, 1.82) is 0 Å². The van der Waals surface area contributed by atoms with Crippen molar-refractivity contribution in [2.24, 2.45) is 0 Å². The second-order valence-electron chi connectivity index (χ2n) is 17.5. The molecular formula is C58H41N6OPtS-3. The van der Waals surface area contributed by atoms with Gasteiger partial charge in [-0.25, -0.2) is 4.98 Å². The van der Waals surface area contributed by atoms with Gasteiger partial charge in [-0.3, -0.25) is 0 Å². The molecule has 0 amide bonds. The van der Waals surface area contributed by atoms with Crippen molar-refractivity contribution in [3.05, 3.63) is 206 Å². The van der Waals surface area contributed by atoms with Crippen LogP contribution in [0.2, 0.25) is 0 Å². The second kappa shape index (κ2) is 16.0. The fraction of sp³-hybridized carbons (Fsp3) is 0.103. The van der Waals surface area contributed by atoms with Crippen LogP contribution in [0.5, 0.6) is 11.5 Å². The van der Waals surface area contributed by atoms with E-state index in [2.05, 4.69) is 211 Å². The molecule has 1 saturated carbocycles. The Bertz CT molecular complexity index is 3600. The van der Waals surface area contributed by atoms with Crippen LogP contribution < -0.4 is 14.5 Å². The molecule has 2 atom stereocenters. The SMILES string of the molecule is [Pt].[c-]1c(Oc2[c-]c3c(cc2)c2ccccc2n3-c2nccs2)cccc1N1[CH-]N(C2C(n3c4ccccc4c4ccccc43)CCCC2n2c3ccccc3c3ccccc32)c2ccccc21. The maximum Gasteiger partial charge on any atom is 0.192 e. The zero-order valence-corrected chi connectivity index (χ0v) is 39.2. The van der Waals surface area contributed by atoms with Gasteiger partial charge in [-0.2, -0.15) is 18.8 Å². The molecule has 9 heteroatoms. The Balaban J connectivity index is 0.00000446. The van der Waals surface area contributed by atoms with Gasteiger partial charge in [0, 0.05) is 111 Å². The summed E-state index contributed by atoms with van der Waals surface area (Å²) < 4.78 is 14.2. The quantitative estimate of drug-likeness (QED) is 0.149. The van der Waals surface area contributed by atoms with Crippen LogP contribution in [0, 0.1) is 18.8 Å². The molecule has 0 spiro atoms. The van der Waals surface area contributed by atoms with E-state index in [1.807, 2.05) is 23.7 Å². The molecule has 0 bridgehead atoms. The molecule has 5 heterocycles. The number of fused-ring (bicyclic) bond motifs is 10. The summed E-state index contributed by atoms with van der Waals surface area (Å²) in [5, 5.41) is 10.4. The average Bonchev–Trinajstić information content (AvgIpc) is 4.21. The topological polar surface area (TPSA) is 43.4 Å². The molecule has 1 aliphatic carbocycles. The first-order valence-corrected chi connectivity index (χ1v) is 23.7. The summed E-state index contributed by atoms with van der Waals surface area (Å²) in [6.07, 6.45) is 5.04. The minimum atomic E-state index is 0. The third-order valence-electron chi connectivity index (χ3n) is 14.1. The molecule has 0 saturated heterocycles. The molecule has 328 valence electrons. The van der Waals surface area contributed by atoms with Gasteiger partial charge >= 0.3 is 0 Å². The number of nitrogens with zero attached hydrogens (tertiary/aromatic N) is 6. The largest absolute Gasteiger partial charge is 0.509 e. The van der Waals surface area contributed by atoms with Gasteiger partial charge in [0.2, 0.25) is 0 Å². The number of aromatic nitrogens is 4. The van der Waals surface area contributed by atoms with E-state index < -0.39 is 0 Å². The number of benzene rings is 8. The molecule has 1 fully saturated rings. The Labute approximate surface area is 405 Å². The van der Waals surface area contributed by atoms with Crippen LogP contribution >= 0.6 is 11.3 Å². The summed E-state index contributed by atoms with van der Waals surface area (Å²) in [6, 6.07) is 71.1. The van der Waals surface area contributed by atoms with Crippen LogP contribution in [0.15, 0.2) is 188 Å². The number of anilines is 3. The van der Waals surface area contributed by atoms with Gasteiger partial charge in [-0.15, -0.1) is 52.7 Å². The zero-order valence-electron chi connectivity index (χ0n) is 36.1. The van der Waals surface area contributed by atoms with E-state index in [-0.39, 0.29) is 39.2 Å². The predicted molar refractivity (Wildman–Crippen MR) is 271 cm³/mol. The van der Waals surface area contributed by atoms with E-state index in [1.165, 1.54) is 49.3 Å². The van der Waals surface area contributed by atoms with Crippen LogP contribution in [0.3, 0.4) is 0 Å². The molecule has 7 nitrogen and oxygen atoms in total. The molecule has 0 N–H and O–H groups in total. The summed E-state index contributed by atoms with van der Waals surface area (Å²) in [7, 11) is 0. The Morgan fingerprint density at radius 3 is 1.63 bits per heavy atom. The molecule has 0 radical (unpaired) electrons. The number of para-hydroxylation sites is 7. The Hall–Kier alpha value is -7.12. The Kier molecular flexibility index (Phi) is 9.62. The monoisotopic (exact) mass is 1060 g/mol. The number of hydrogen-bond donors (Lipinski definition) is 0. The average molecular weight is 1070 g/mol. The number of hydrogen-bond acceptors (Lipinski definition) is 5. The molecule has 12 aromatic rings. The van der Waals surface area contributed by atoms with Crippen molar-refractivity contribution in [1.82, 2.24) is 18.7 Å². The third-order valence-corrected chi connectivity index (χ3v) is 14.8. The first-order chi connectivity index (χ1) is 32.8. The number of thiazole rings is 1. The first-order valence-electron chi connectivity index (χ1n) is 22.8. The molecular weight excluding hydrogens is 1020 g/mol. The Morgan fingerprint density at radius 1 is 0.522 bits per heavy atom. The van der Waals surface area contributed by atoms with Gasteiger partial charge in [-0.05, 0) is 67.1 Å². The smallest absolute Gasteiger partial charge is 0.192 e. The summed E-state index contributed by atoms with van der Waals surface area (Å²) >= 11 is 1.61. The van der Waals surface area contributed by atoms with Crippen LogP contribution in [0.4, 0.5) is 17.1 Å². The van der Waals surface area contributed by atoms with Gasteiger partial charge < -0.3 is 28.2 Å². The molecule has 14 rings (SSSR count). The van der Waals surface area contributed by atoms with Gasteiger partial charge in [0.05, 0.1) is 12.1 Å². The Morgan fingerprint density at radius 2 is 1.04 bits per heavy atom. The second-order valence-corrected chi connectivity index (χ2v) is 18.4. The molecule has 2 unspecified atom stereocenters. The minimum Gasteiger partial charge on any atom is -0.509 e. The number of rotatable bonds is 7. The first kappa shape index (κ1) is 40.2. The van der Waals surface area contributed by atoms with Crippen molar-refractivity contribution >= 4 is 93.8 Å². The van der Waals surface area contributed by atoms with Crippen molar-refractivity contribution in [2.45, 2.75) is 37.4 Å². The van der Waals surface area contributed by atoms with Crippen LogP contribution in [-0.4, -0.2) is 24.7 Å². The summed E-state index contributed by atoms with van der Waals surface area (Å²) in [5.41, 5.74) is 10.3. The van der Waals surface area contributed by atoms with Crippen molar-refractivity contribution < 1.29 is 25.8 Å². The molecule has 1 aliphatic heterocycles. The zero-order chi connectivity index (χ0) is 43.3. The summed E-state index contributed by atoms with van der Waals surface area (Å²) in [4.78, 5) is 9.57. The normalized spacial score (nSPS) is 17.3. The molecule has 2 aliphatic rings. The van der Waals surface area contributed by atoms with Crippen LogP contribution in [0.1, 0.15) is 31.3 Å². The van der Waals surface area contributed by atoms with Gasteiger partial charge in [-0.1, -0.05) is 109 Å². The van der Waals surface area contributed by atoms with Gasteiger partial charge in [0.1, 0.15) is 0 Å². The van der Waals surface area contributed by atoms with E-state index in [4.69, 9.17) is 4.74 Å². The summed E-state index contributed by atoms with van der Waals surface area (Å²) in [5.74, 6) is 1.24. The van der Waals surface area contributed by atoms with E-state index in [1.54, 1.807) is 11.3 Å². The van der Waals surface area contributed by atoms with E-state index in [0.717, 1.165) is 57.6 Å². The minimum absolute atomic E-state index is 0. The molecule has 4 aromatic heterocycles. The maximum atomic E-state index is 6.68. The fourth-order valence-electron chi connectivity index (χ4n) is 11.5. The number of ether oxygens (including phenoxy) is 1. The van der Waals surface area contributed by atoms with E-state index >= 15 is 0 Å². The maximum absolute atomic E-state index is 6.68. The fourth-order valence-corrected chi connectivity index (χ4v) is 12.1. The molecule has 67 heavy (non-hydrogen) atoms. The van der Waals surface area contributed by atoms with Crippen molar-refractivity contribution in [2.75, 3.05) is 9.80 Å². The third kappa shape index (κ3) is 6.23. The van der Waals surface area contributed by atoms with Gasteiger partial charge in [0.25, 0.3) is 0 Å². The molecule has 8 aromatic carbocycles. The van der Waals surface area contributed by atoms with E-state index in [0.29, 0.717) is 11.5 Å².